The molecule has 110 valence electrons. The van der Waals surface area contributed by atoms with Crippen LogP contribution in [0.1, 0.15) is 12.5 Å². The number of hydrogen-bond acceptors (Lipinski definition) is 5. The number of likely N-dealkylation sites (tertiary alicyclic amines) is 1. The first-order chi connectivity index (χ1) is 9.93. The monoisotopic (exact) mass is 292 g/mol. The number of fused-ring (bicyclic) bond motifs is 1. The second-order valence-corrected chi connectivity index (χ2v) is 4.83. The number of rotatable bonds is 2. The van der Waals surface area contributed by atoms with Crippen molar-refractivity contribution < 1.29 is 18.7 Å². The van der Waals surface area contributed by atoms with Crippen LogP contribution in [0.25, 0.3) is 11.0 Å². The van der Waals surface area contributed by atoms with Gasteiger partial charge in [-0.1, -0.05) is 0 Å². The molecule has 7 nitrogen and oxygen atoms in total. The van der Waals surface area contributed by atoms with Gasteiger partial charge in [0.2, 0.25) is 11.9 Å². The van der Waals surface area contributed by atoms with Gasteiger partial charge in [0.05, 0.1) is 24.6 Å². The fraction of sp³-hybridized carbons (Fsp3) is 0.308. The lowest BCUT2D eigenvalue weighted by atomic mass is 10.2. The molecule has 0 saturated carbocycles. The number of imidazole rings is 1. The minimum atomic E-state index is -0.761. The largest absolute Gasteiger partial charge is 0.494 e. The van der Waals surface area contributed by atoms with Gasteiger partial charge in [0.25, 0.3) is 5.91 Å². The van der Waals surface area contributed by atoms with E-state index in [-0.39, 0.29) is 29.9 Å². The van der Waals surface area contributed by atoms with Gasteiger partial charge in [-0.25, -0.2) is 9.37 Å². The zero-order valence-electron chi connectivity index (χ0n) is 11.5. The molecular weight excluding hydrogens is 279 g/mol. The van der Waals surface area contributed by atoms with E-state index in [2.05, 4.69) is 4.98 Å². The molecule has 1 fully saturated rings. The predicted octanol–water partition coefficient (Wildman–Crippen LogP) is 0.696. The lowest BCUT2D eigenvalue weighted by Crippen LogP contribution is -2.27. The zero-order chi connectivity index (χ0) is 15.3. The number of amides is 2. The van der Waals surface area contributed by atoms with Crippen molar-refractivity contribution in [2.45, 2.75) is 12.5 Å². The number of benzene rings is 1. The quantitative estimate of drug-likeness (QED) is 0.823. The lowest BCUT2D eigenvalue weighted by molar-refractivity contribution is -0.137. The number of hydrogen-bond donors (Lipinski definition) is 1. The number of methoxy groups -OCH3 is 1. The summed E-state index contributed by atoms with van der Waals surface area (Å²) in [4.78, 5) is 28.9. The smallest absolute Gasteiger partial charge is 0.252 e. The van der Waals surface area contributed by atoms with E-state index in [4.69, 9.17) is 10.5 Å². The average molecular weight is 292 g/mol. The molecule has 21 heavy (non-hydrogen) atoms. The topological polar surface area (TPSA) is 90.4 Å². The van der Waals surface area contributed by atoms with E-state index in [1.54, 1.807) is 0 Å². The third-order valence-corrected chi connectivity index (χ3v) is 3.66. The van der Waals surface area contributed by atoms with Crippen molar-refractivity contribution in [2.24, 2.45) is 0 Å². The van der Waals surface area contributed by atoms with Gasteiger partial charge in [-0.05, 0) is 0 Å². The van der Waals surface area contributed by atoms with E-state index in [9.17, 15) is 14.0 Å². The fourth-order valence-corrected chi connectivity index (χ4v) is 2.54. The molecule has 1 aliphatic heterocycles. The van der Waals surface area contributed by atoms with Crippen LogP contribution < -0.4 is 10.5 Å². The summed E-state index contributed by atoms with van der Waals surface area (Å²) >= 11 is 0. The van der Waals surface area contributed by atoms with Gasteiger partial charge in [0.1, 0.15) is 6.04 Å². The van der Waals surface area contributed by atoms with E-state index in [0.717, 1.165) is 4.90 Å². The molecule has 0 aliphatic carbocycles. The highest BCUT2D eigenvalue weighted by atomic mass is 19.1. The summed E-state index contributed by atoms with van der Waals surface area (Å²) < 4.78 is 20.1. The Labute approximate surface area is 119 Å². The van der Waals surface area contributed by atoms with Crippen molar-refractivity contribution in [2.75, 3.05) is 19.9 Å². The summed E-state index contributed by atoms with van der Waals surface area (Å²) in [5, 5.41) is 0. The number of carbonyl (C=O) groups is 2. The van der Waals surface area contributed by atoms with Gasteiger partial charge in [0, 0.05) is 19.2 Å². The molecule has 8 heteroatoms. The predicted molar refractivity (Wildman–Crippen MR) is 72.1 cm³/mol. The second kappa shape index (κ2) is 4.44. The number of nitrogens with two attached hydrogens (primary N) is 1. The number of imide groups is 1. The van der Waals surface area contributed by atoms with Crippen LogP contribution in [0, 0.1) is 5.82 Å². The number of ether oxygens (including phenoxy) is 1. The Balaban J connectivity index is 2.21. The highest BCUT2D eigenvalue weighted by Crippen LogP contribution is 2.33. The fourth-order valence-electron chi connectivity index (χ4n) is 2.54. The maximum Gasteiger partial charge on any atom is 0.252 e. The van der Waals surface area contributed by atoms with Crippen LogP contribution in [0.15, 0.2) is 12.1 Å². The summed E-state index contributed by atoms with van der Waals surface area (Å²) in [5.74, 6) is -1.15. The van der Waals surface area contributed by atoms with E-state index < -0.39 is 11.9 Å². The van der Waals surface area contributed by atoms with Gasteiger partial charge in [-0.15, -0.1) is 0 Å². The molecular formula is C13H13FN4O3. The lowest BCUT2D eigenvalue weighted by Gasteiger charge is -2.13. The number of likely N-dealkylation sites (N-methyl/N-ethyl adjacent to an activating group) is 1. The Morgan fingerprint density at radius 1 is 1.43 bits per heavy atom. The molecule has 2 N–H and O–H groups in total. The number of nitrogen functional groups attached to an aromatic ring is 1. The molecule has 1 atom stereocenters. The van der Waals surface area contributed by atoms with Crippen molar-refractivity contribution >= 4 is 28.8 Å². The summed E-state index contributed by atoms with van der Waals surface area (Å²) in [6.07, 6.45) is 0.00465. The van der Waals surface area contributed by atoms with Gasteiger partial charge in [-0.2, -0.15) is 0 Å². The van der Waals surface area contributed by atoms with Crippen molar-refractivity contribution in [3.63, 3.8) is 0 Å². The molecule has 2 aromatic rings. The maximum atomic E-state index is 13.7. The molecule has 2 heterocycles. The maximum absolute atomic E-state index is 13.7. The number of aromatic nitrogens is 2. The minimum Gasteiger partial charge on any atom is -0.494 e. The molecule has 3 rings (SSSR count). The third-order valence-electron chi connectivity index (χ3n) is 3.66. The Kier molecular flexibility index (Phi) is 2.82. The Morgan fingerprint density at radius 3 is 2.71 bits per heavy atom. The summed E-state index contributed by atoms with van der Waals surface area (Å²) in [6, 6.07) is 1.85. The van der Waals surface area contributed by atoms with E-state index in [1.165, 1.54) is 30.9 Å². The average Bonchev–Trinajstić information content (AvgIpc) is 2.88. The highest BCUT2D eigenvalue weighted by molar-refractivity contribution is 6.05. The summed E-state index contributed by atoms with van der Waals surface area (Å²) in [7, 11) is 2.76. The van der Waals surface area contributed by atoms with Crippen LogP contribution >= 0.6 is 0 Å². The summed E-state index contributed by atoms with van der Waals surface area (Å²) in [6.45, 7) is 0. The zero-order valence-corrected chi connectivity index (χ0v) is 11.5. The van der Waals surface area contributed by atoms with Crippen molar-refractivity contribution in [3.05, 3.63) is 17.9 Å². The number of anilines is 1. The summed E-state index contributed by atoms with van der Waals surface area (Å²) in [5.41, 5.74) is 6.59. The van der Waals surface area contributed by atoms with Gasteiger partial charge >= 0.3 is 0 Å². The standard InChI is InChI=1S/C13H13FN4O3/c1-17-11(19)5-9(12(17)20)18-8-4-10(21-2)6(14)3-7(8)16-13(18)15/h3-4,9H,5H2,1-2H3,(H2,15,16). The Hall–Kier alpha value is -2.64. The SMILES string of the molecule is COc1cc2c(cc1F)nc(N)n2C1CC(=O)N(C)C1=O. The van der Waals surface area contributed by atoms with Crippen LogP contribution in [0.5, 0.6) is 5.75 Å². The first-order valence-electron chi connectivity index (χ1n) is 6.25. The van der Waals surface area contributed by atoms with E-state index in [1.807, 2.05) is 0 Å². The second-order valence-electron chi connectivity index (χ2n) is 4.83. The van der Waals surface area contributed by atoms with Gasteiger partial charge < -0.3 is 10.5 Å². The number of halogens is 1. The molecule has 0 radical (unpaired) electrons. The molecule has 0 bridgehead atoms. The van der Waals surface area contributed by atoms with Crippen LogP contribution in [0.2, 0.25) is 0 Å². The minimum absolute atomic E-state index is 0.00465. The van der Waals surface area contributed by atoms with E-state index in [0.29, 0.717) is 11.0 Å². The molecule has 1 aliphatic rings. The van der Waals surface area contributed by atoms with Crippen molar-refractivity contribution in [1.82, 2.24) is 14.5 Å². The van der Waals surface area contributed by atoms with Gasteiger partial charge in [0.15, 0.2) is 11.6 Å². The van der Waals surface area contributed by atoms with Crippen LogP contribution in [0.3, 0.4) is 0 Å². The van der Waals surface area contributed by atoms with Crippen LogP contribution in [-0.4, -0.2) is 40.4 Å². The highest BCUT2D eigenvalue weighted by Gasteiger charge is 2.39. The van der Waals surface area contributed by atoms with Crippen LogP contribution in [-0.2, 0) is 9.59 Å². The first-order valence-corrected chi connectivity index (χ1v) is 6.25. The molecule has 2 amide bonds. The first kappa shape index (κ1) is 13.3. The Bertz CT molecular complexity index is 770. The molecule has 1 aromatic heterocycles. The number of nitrogens with zero attached hydrogens (tertiary/aromatic N) is 3. The molecule has 1 aromatic carbocycles. The molecule has 1 unspecified atom stereocenters. The van der Waals surface area contributed by atoms with E-state index >= 15 is 0 Å². The normalized spacial score (nSPS) is 18.8. The third kappa shape index (κ3) is 1.83. The molecule has 0 spiro atoms. The van der Waals surface area contributed by atoms with Crippen molar-refractivity contribution in [3.8, 4) is 5.75 Å². The van der Waals surface area contributed by atoms with Gasteiger partial charge in [-0.3, -0.25) is 19.1 Å². The Morgan fingerprint density at radius 2 is 2.14 bits per heavy atom. The van der Waals surface area contributed by atoms with Crippen LogP contribution in [0.4, 0.5) is 10.3 Å². The van der Waals surface area contributed by atoms with Crippen molar-refractivity contribution in [1.29, 1.82) is 0 Å². The number of carbonyl (C=O) groups excluding carboxylic acids is 2. The molecule has 1 saturated heterocycles.